The van der Waals surface area contributed by atoms with E-state index in [1.165, 1.54) is 0 Å². The number of benzene rings is 1. The van der Waals surface area contributed by atoms with E-state index in [0.29, 0.717) is 11.4 Å². The van der Waals surface area contributed by atoms with Crippen molar-refractivity contribution >= 4 is 68.9 Å². The number of amides is 4. The molecule has 1 fully saturated rings. The van der Waals surface area contributed by atoms with Crippen molar-refractivity contribution in [1.29, 1.82) is 5.41 Å². The minimum absolute atomic E-state index is 0.0369. The van der Waals surface area contributed by atoms with Gasteiger partial charge in [-0.25, -0.2) is 0 Å². The predicted molar refractivity (Wildman–Crippen MR) is 108 cm³/mol. The van der Waals surface area contributed by atoms with Gasteiger partial charge >= 0.3 is 0 Å². The third-order valence-electron chi connectivity index (χ3n) is 3.74. The van der Waals surface area contributed by atoms with Crippen molar-refractivity contribution in [1.82, 2.24) is 5.32 Å². The van der Waals surface area contributed by atoms with Gasteiger partial charge in [-0.3, -0.25) is 24.6 Å². The molecule has 3 rings (SSSR count). The van der Waals surface area contributed by atoms with Crippen molar-refractivity contribution in [2.75, 3.05) is 10.6 Å². The summed E-state index contributed by atoms with van der Waals surface area (Å²) in [6.07, 6.45) is -0.0854. The molecule has 1 aromatic carbocycles. The van der Waals surface area contributed by atoms with E-state index in [2.05, 4.69) is 20.9 Å². The summed E-state index contributed by atoms with van der Waals surface area (Å²) in [6, 6.07) is 6.42. The summed E-state index contributed by atoms with van der Waals surface area (Å²) in [4.78, 5) is 50.7. The van der Waals surface area contributed by atoms with Crippen molar-refractivity contribution in [2.24, 2.45) is 10.7 Å². The maximum Gasteiger partial charge on any atom is 0.262 e. The average molecular weight is 420 g/mol. The molecule has 2 atom stereocenters. The molecule has 2 aliphatic rings. The molecule has 6 N–H and O–H groups in total. The third-order valence-corrected chi connectivity index (χ3v) is 5.73. The van der Waals surface area contributed by atoms with Crippen LogP contribution in [0.5, 0.6) is 0 Å². The number of thioether (sulfide) groups is 2. The lowest BCUT2D eigenvalue weighted by molar-refractivity contribution is -0.122. The molecular formula is C16H16N6O4S2. The van der Waals surface area contributed by atoms with Crippen LogP contribution in [0.25, 0.3) is 0 Å². The van der Waals surface area contributed by atoms with Gasteiger partial charge in [-0.1, -0.05) is 23.5 Å². The highest BCUT2D eigenvalue weighted by Gasteiger charge is 2.31. The number of carbonyl (C=O) groups excluding carboxylic acids is 4. The summed E-state index contributed by atoms with van der Waals surface area (Å²) in [6.45, 7) is 0. The van der Waals surface area contributed by atoms with E-state index in [9.17, 15) is 19.2 Å². The van der Waals surface area contributed by atoms with Gasteiger partial charge < -0.3 is 21.7 Å². The Bertz CT molecular complexity index is 886. The molecular weight excluding hydrogens is 404 g/mol. The largest absolute Gasteiger partial charge is 0.378 e. The second-order valence-corrected chi connectivity index (χ2v) is 8.34. The molecule has 1 aromatic rings. The Hall–Kier alpha value is -2.86. The van der Waals surface area contributed by atoms with Crippen molar-refractivity contribution in [3.63, 3.8) is 0 Å². The van der Waals surface area contributed by atoms with Gasteiger partial charge in [0, 0.05) is 24.2 Å². The summed E-state index contributed by atoms with van der Waals surface area (Å²) in [5.74, 6) is -1.47. The van der Waals surface area contributed by atoms with Gasteiger partial charge in [0.25, 0.3) is 5.91 Å². The van der Waals surface area contributed by atoms with Crippen LogP contribution in [0.4, 0.5) is 11.4 Å². The van der Waals surface area contributed by atoms with E-state index >= 15 is 0 Å². The number of nitrogens with one attached hydrogen (secondary N) is 4. The van der Waals surface area contributed by atoms with Crippen LogP contribution in [0.15, 0.2) is 29.3 Å². The molecule has 2 heterocycles. The van der Waals surface area contributed by atoms with Gasteiger partial charge in [0.1, 0.15) is 10.5 Å². The average Bonchev–Trinajstić information content (AvgIpc) is 3.09. The number of hydrogen-bond donors (Lipinski definition) is 5. The zero-order valence-corrected chi connectivity index (χ0v) is 16.0. The van der Waals surface area contributed by atoms with Crippen LogP contribution in [0, 0.1) is 5.41 Å². The Morgan fingerprint density at radius 2 is 1.57 bits per heavy atom. The number of hydrogen-bond acceptors (Lipinski definition) is 8. The highest BCUT2D eigenvalue weighted by molar-refractivity contribution is 8.15. The minimum atomic E-state index is -0.611. The van der Waals surface area contributed by atoms with E-state index in [-0.39, 0.29) is 40.9 Å². The van der Waals surface area contributed by atoms with Crippen LogP contribution < -0.4 is 21.7 Å². The first-order chi connectivity index (χ1) is 13.3. The van der Waals surface area contributed by atoms with Crippen LogP contribution >= 0.6 is 23.5 Å². The van der Waals surface area contributed by atoms with E-state index in [1.807, 2.05) is 0 Å². The first-order valence-electron chi connectivity index (χ1n) is 8.10. The Morgan fingerprint density at radius 3 is 2.00 bits per heavy atom. The maximum atomic E-state index is 12.0. The Morgan fingerprint density at radius 1 is 1.04 bits per heavy atom. The van der Waals surface area contributed by atoms with E-state index in [1.54, 1.807) is 24.3 Å². The monoisotopic (exact) mass is 420 g/mol. The fourth-order valence-corrected chi connectivity index (χ4v) is 4.15. The van der Waals surface area contributed by atoms with Gasteiger partial charge in [-0.15, -0.1) is 0 Å². The van der Waals surface area contributed by atoms with Gasteiger partial charge in [-0.05, 0) is 24.3 Å². The Kier molecular flexibility index (Phi) is 5.99. The molecule has 10 nitrogen and oxygen atoms in total. The van der Waals surface area contributed by atoms with Gasteiger partial charge in [-0.2, -0.15) is 4.99 Å². The summed E-state index contributed by atoms with van der Waals surface area (Å²) in [5, 5.41) is 14.0. The van der Waals surface area contributed by atoms with E-state index in [4.69, 9.17) is 11.1 Å². The van der Waals surface area contributed by atoms with Crippen LogP contribution in [0.2, 0.25) is 0 Å². The number of nitrogens with zero attached hydrogens (tertiary/aromatic N) is 1. The molecule has 28 heavy (non-hydrogen) atoms. The molecule has 2 aliphatic heterocycles. The van der Waals surface area contributed by atoms with Crippen LogP contribution in [0.3, 0.4) is 0 Å². The smallest absolute Gasteiger partial charge is 0.262 e. The van der Waals surface area contributed by atoms with Crippen LogP contribution in [0.1, 0.15) is 12.8 Å². The molecule has 1 saturated heterocycles. The molecule has 0 aromatic heterocycles. The Labute approximate surface area is 168 Å². The number of nitrogens with two attached hydrogens (primary N) is 1. The summed E-state index contributed by atoms with van der Waals surface area (Å²) in [5.41, 5.74) is 6.47. The van der Waals surface area contributed by atoms with E-state index in [0.717, 1.165) is 23.5 Å². The second-order valence-electron chi connectivity index (χ2n) is 5.90. The Balaban J connectivity index is 1.47. The van der Waals surface area contributed by atoms with Crippen molar-refractivity contribution in [3.8, 4) is 0 Å². The molecule has 146 valence electrons. The molecule has 0 radical (unpaired) electrons. The molecule has 4 amide bonds. The van der Waals surface area contributed by atoms with Gasteiger partial charge in [0.2, 0.25) is 17.7 Å². The lowest BCUT2D eigenvalue weighted by atomic mass is 10.2. The highest BCUT2D eigenvalue weighted by atomic mass is 32.2. The first-order valence-corrected chi connectivity index (χ1v) is 9.86. The molecule has 0 spiro atoms. The molecule has 0 aliphatic carbocycles. The maximum absolute atomic E-state index is 12.0. The quantitative estimate of drug-likeness (QED) is 0.446. The number of aliphatic imine (C=N–C) groups is 1. The first kappa shape index (κ1) is 19.9. The van der Waals surface area contributed by atoms with Crippen molar-refractivity contribution in [3.05, 3.63) is 24.3 Å². The van der Waals surface area contributed by atoms with Crippen LogP contribution in [-0.2, 0) is 19.2 Å². The lowest BCUT2D eigenvalue weighted by Crippen LogP contribution is -2.27. The SMILES string of the molecule is N=C1NC(=O)C(CC(=O)Nc2ccc(NC(=O)CC3SC(N)=NC3=O)cc2)S1. The highest BCUT2D eigenvalue weighted by Crippen LogP contribution is 2.24. The van der Waals surface area contributed by atoms with Crippen LogP contribution in [-0.4, -0.2) is 44.5 Å². The lowest BCUT2D eigenvalue weighted by Gasteiger charge is -2.10. The summed E-state index contributed by atoms with van der Waals surface area (Å²) in [7, 11) is 0. The fourth-order valence-electron chi connectivity index (χ4n) is 2.48. The second kappa shape index (κ2) is 8.44. The molecule has 2 unspecified atom stereocenters. The number of amidine groups is 2. The van der Waals surface area contributed by atoms with Crippen molar-refractivity contribution < 1.29 is 19.2 Å². The standard InChI is InChI=1S/C16H16N6O4S2/c17-15-21-13(25)9(27-15)5-11(23)19-7-1-2-8(4-3-7)20-12(24)6-10-14(26)22-16(18)28-10/h1-4,9-10H,5-6H2,(H,19,23)(H,20,24)(H2,17,21,25)(H2,18,22,26). The summed E-state index contributed by atoms with van der Waals surface area (Å²) < 4.78 is 0. The molecule has 0 bridgehead atoms. The normalized spacial score (nSPS) is 21.3. The summed E-state index contributed by atoms with van der Waals surface area (Å²) >= 11 is 2.07. The zero-order valence-electron chi connectivity index (χ0n) is 14.4. The zero-order chi connectivity index (χ0) is 20.3. The molecule has 12 heteroatoms. The number of carbonyl (C=O) groups is 4. The van der Waals surface area contributed by atoms with Crippen molar-refractivity contribution in [2.45, 2.75) is 23.3 Å². The van der Waals surface area contributed by atoms with Gasteiger partial charge in [0.15, 0.2) is 10.3 Å². The minimum Gasteiger partial charge on any atom is -0.378 e. The third kappa shape index (κ3) is 5.10. The van der Waals surface area contributed by atoms with E-state index < -0.39 is 16.4 Å². The fraction of sp³-hybridized carbons (Fsp3) is 0.250. The topological polar surface area (TPSA) is 167 Å². The predicted octanol–water partition coefficient (Wildman–Crippen LogP) is 0.467. The molecule has 0 saturated carbocycles. The van der Waals surface area contributed by atoms with Gasteiger partial charge in [0.05, 0.1) is 0 Å². The number of anilines is 2. The number of rotatable bonds is 6.